The van der Waals surface area contributed by atoms with Crippen LogP contribution in [0.15, 0.2) is 24.3 Å². The second-order valence-corrected chi connectivity index (χ2v) is 6.44. The maximum Gasteiger partial charge on any atom is 0.0674 e. The zero-order valence-electron chi connectivity index (χ0n) is 13.9. The molecule has 1 saturated heterocycles. The van der Waals surface area contributed by atoms with Crippen molar-refractivity contribution in [2.45, 2.75) is 65.4 Å². The molecule has 1 aromatic carbocycles. The third-order valence-electron chi connectivity index (χ3n) is 4.24. The highest BCUT2D eigenvalue weighted by Crippen LogP contribution is 2.19. The van der Waals surface area contributed by atoms with E-state index in [0.29, 0.717) is 18.2 Å². The van der Waals surface area contributed by atoms with Gasteiger partial charge in [-0.05, 0) is 24.5 Å². The zero-order valence-corrected chi connectivity index (χ0v) is 13.9. The molecule has 3 nitrogen and oxygen atoms in total. The molecule has 2 rings (SSSR count). The number of hydrogen-bond donors (Lipinski definition) is 1. The Labute approximate surface area is 129 Å². The second-order valence-electron chi connectivity index (χ2n) is 6.44. The molecule has 0 radical (unpaired) electrons. The van der Waals surface area contributed by atoms with Crippen molar-refractivity contribution in [1.29, 1.82) is 0 Å². The fraction of sp³-hybridized carbons (Fsp3) is 0.667. The highest BCUT2D eigenvalue weighted by atomic mass is 16.5. The van der Waals surface area contributed by atoms with Crippen LogP contribution >= 0.6 is 0 Å². The van der Waals surface area contributed by atoms with E-state index in [1.807, 2.05) is 0 Å². The second kappa shape index (κ2) is 7.92. The van der Waals surface area contributed by atoms with Gasteiger partial charge in [0.05, 0.1) is 12.7 Å². The average Bonchev–Trinajstić information content (AvgIpc) is 2.46. The molecular formula is C18H30N2O. The van der Waals surface area contributed by atoms with Crippen molar-refractivity contribution in [3.05, 3.63) is 35.4 Å². The van der Waals surface area contributed by atoms with E-state index in [1.165, 1.54) is 11.1 Å². The van der Waals surface area contributed by atoms with Crippen LogP contribution in [0.1, 0.15) is 45.2 Å². The molecule has 0 spiro atoms. The highest BCUT2D eigenvalue weighted by Gasteiger charge is 2.25. The lowest BCUT2D eigenvalue weighted by molar-refractivity contribution is -0.0592. The standard InChI is InChI=1S/C18H30N2O/c1-5-18-13-21-15(4)11-20(18)12-17-9-7-6-8-16(17)10-19-14(2)3/h6-9,14-15,18-19H,5,10-13H2,1-4H3. The largest absolute Gasteiger partial charge is 0.376 e. The van der Waals surface area contributed by atoms with Crippen molar-refractivity contribution < 1.29 is 4.74 Å². The van der Waals surface area contributed by atoms with E-state index in [-0.39, 0.29) is 0 Å². The van der Waals surface area contributed by atoms with E-state index in [2.05, 4.69) is 62.2 Å². The topological polar surface area (TPSA) is 24.5 Å². The summed E-state index contributed by atoms with van der Waals surface area (Å²) in [5.74, 6) is 0. The maximum atomic E-state index is 5.80. The smallest absolute Gasteiger partial charge is 0.0674 e. The number of nitrogens with zero attached hydrogens (tertiary/aromatic N) is 1. The molecule has 1 aromatic rings. The lowest BCUT2D eigenvalue weighted by atomic mass is 10.0. The molecule has 0 aromatic heterocycles. The van der Waals surface area contributed by atoms with E-state index >= 15 is 0 Å². The van der Waals surface area contributed by atoms with Gasteiger partial charge in [-0.3, -0.25) is 4.90 Å². The molecular weight excluding hydrogens is 260 g/mol. The summed E-state index contributed by atoms with van der Waals surface area (Å²) in [5, 5.41) is 3.53. The van der Waals surface area contributed by atoms with Gasteiger partial charge in [0.15, 0.2) is 0 Å². The molecule has 2 unspecified atom stereocenters. The Bertz CT molecular complexity index is 433. The van der Waals surface area contributed by atoms with Crippen molar-refractivity contribution in [3.8, 4) is 0 Å². The monoisotopic (exact) mass is 290 g/mol. The molecule has 0 aliphatic carbocycles. The van der Waals surface area contributed by atoms with Crippen LogP contribution in [-0.2, 0) is 17.8 Å². The molecule has 1 heterocycles. The number of rotatable bonds is 6. The van der Waals surface area contributed by atoms with E-state index in [1.54, 1.807) is 0 Å². The molecule has 0 bridgehead atoms. The van der Waals surface area contributed by atoms with Crippen LogP contribution in [0.3, 0.4) is 0 Å². The zero-order chi connectivity index (χ0) is 15.2. The summed E-state index contributed by atoms with van der Waals surface area (Å²) in [6.45, 7) is 12.7. The van der Waals surface area contributed by atoms with Crippen molar-refractivity contribution in [2.75, 3.05) is 13.2 Å². The van der Waals surface area contributed by atoms with Crippen molar-refractivity contribution in [1.82, 2.24) is 10.2 Å². The normalized spacial score (nSPS) is 23.7. The Morgan fingerprint density at radius 3 is 2.67 bits per heavy atom. The summed E-state index contributed by atoms with van der Waals surface area (Å²) in [4.78, 5) is 2.59. The van der Waals surface area contributed by atoms with E-state index in [9.17, 15) is 0 Å². The summed E-state index contributed by atoms with van der Waals surface area (Å²) in [6.07, 6.45) is 1.49. The quantitative estimate of drug-likeness (QED) is 0.871. The minimum atomic E-state index is 0.341. The molecule has 3 heteroatoms. The lowest BCUT2D eigenvalue weighted by Crippen LogP contribution is -2.48. The highest BCUT2D eigenvalue weighted by molar-refractivity contribution is 5.27. The third-order valence-corrected chi connectivity index (χ3v) is 4.24. The number of morpholine rings is 1. The van der Waals surface area contributed by atoms with Crippen molar-refractivity contribution >= 4 is 0 Å². The van der Waals surface area contributed by atoms with E-state index in [4.69, 9.17) is 4.74 Å². The Morgan fingerprint density at radius 2 is 2.00 bits per heavy atom. The first-order chi connectivity index (χ1) is 10.1. The summed E-state index contributed by atoms with van der Waals surface area (Å²) in [6, 6.07) is 9.87. The Kier molecular flexibility index (Phi) is 6.22. The first-order valence-corrected chi connectivity index (χ1v) is 8.26. The van der Waals surface area contributed by atoms with Gasteiger partial charge < -0.3 is 10.1 Å². The maximum absolute atomic E-state index is 5.80. The first kappa shape index (κ1) is 16.5. The predicted molar refractivity (Wildman–Crippen MR) is 88.3 cm³/mol. The Morgan fingerprint density at radius 1 is 1.29 bits per heavy atom. The van der Waals surface area contributed by atoms with Gasteiger partial charge in [-0.25, -0.2) is 0 Å². The van der Waals surface area contributed by atoms with Crippen molar-refractivity contribution in [3.63, 3.8) is 0 Å². The van der Waals surface area contributed by atoms with Gasteiger partial charge in [0.1, 0.15) is 0 Å². The van der Waals surface area contributed by atoms with Crippen LogP contribution in [0.25, 0.3) is 0 Å². The van der Waals surface area contributed by atoms with Gasteiger partial charge in [0.2, 0.25) is 0 Å². The van der Waals surface area contributed by atoms with Crippen LogP contribution < -0.4 is 5.32 Å². The number of benzene rings is 1. The summed E-state index contributed by atoms with van der Waals surface area (Å²) in [7, 11) is 0. The third kappa shape index (κ3) is 4.80. The summed E-state index contributed by atoms with van der Waals surface area (Å²) >= 11 is 0. The van der Waals surface area contributed by atoms with Gasteiger partial charge in [0, 0.05) is 31.7 Å². The number of hydrogen-bond acceptors (Lipinski definition) is 3. The molecule has 1 aliphatic heterocycles. The van der Waals surface area contributed by atoms with E-state index < -0.39 is 0 Å². The van der Waals surface area contributed by atoms with Crippen LogP contribution in [0.4, 0.5) is 0 Å². The van der Waals surface area contributed by atoms with Crippen LogP contribution in [0, 0.1) is 0 Å². The van der Waals surface area contributed by atoms with Gasteiger partial charge in [0.25, 0.3) is 0 Å². The van der Waals surface area contributed by atoms with Crippen LogP contribution in [0.5, 0.6) is 0 Å². The van der Waals surface area contributed by atoms with Gasteiger partial charge in [-0.15, -0.1) is 0 Å². The fourth-order valence-electron chi connectivity index (χ4n) is 2.90. The van der Waals surface area contributed by atoms with Gasteiger partial charge in [-0.1, -0.05) is 45.0 Å². The fourth-order valence-corrected chi connectivity index (χ4v) is 2.90. The van der Waals surface area contributed by atoms with Crippen LogP contribution in [0.2, 0.25) is 0 Å². The molecule has 1 aliphatic rings. The van der Waals surface area contributed by atoms with Crippen molar-refractivity contribution in [2.24, 2.45) is 0 Å². The van der Waals surface area contributed by atoms with Gasteiger partial charge in [-0.2, -0.15) is 0 Å². The van der Waals surface area contributed by atoms with E-state index in [0.717, 1.165) is 32.7 Å². The molecule has 0 amide bonds. The lowest BCUT2D eigenvalue weighted by Gasteiger charge is -2.38. The summed E-state index contributed by atoms with van der Waals surface area (Å²) < 4.78 is 5.80. The van der Waals surface area contributed by atoms with Crippen LogP contribution in [-0.4, -0.2) is 36.2 Å². The average molecular weight is 290 g/mol. The minimum Gasteiger partial charge on any atom is -0.376 e. The Hall–Kier alpha value is -0.900. The molecule has 118 valence electrons. The molecule has 1 fully saturated rings. The summed E-state index contributed by atoms with van der Waals surface area (Å²) in [5.41, 5.74) is 2.86. The SMILES string of the molecule is CCC1COC(C)CN1Cc1ccccc1CNC(C)C. The first-order valence-electron chi connectivity index (χ1n) is 8.26. The van der Waals surface area contributed by atoms with Gasteiger partial charge >= 0.3 is 0 Å². The molecule has 21 heavy (non-hydrogen) atoms. The number of nitrogens with one attached hydrogen (secondary N) is 1. The molecule has 1 N–H and O–H groups in total. The number of ether oxygens (including phenoxy) is 1. The molecule has 2 atom stereocenters. The Balaban J connectivity index is 2.06. The predicted octanol–water partition coefficient (Wildman–Crippen LogP) is 3.18. The molecule has 0 saturated carbocycles. The minimum absolute atomic E-state index is 0.341.